The van der Waals surface area contributed by atoms with E-state index in [1.165, 1.54) is 5.56 Å². The second-order valence-corrected chi connectivity index (χ2v) is 9.82. The summed E-state index contributed by atoms with van der Waals surface area (Å²) in [5.41, 5.74) is 4.81. The summed E-state index contributed by atoms with van der Waals surface area (Å²) in [6.07, 6.45) is 0.412. The Morgan fingerprint density at radius 3 is 2.53 bits per heavy atom. The van der Waals surface area contributed by atoms with Crippen molar-refractivity contribution in [2.24, 2.45) is 0 Å². The standard InChI is InChI=1S/C26H31BrN4O3/c1-5-34-26(33)31-13-12-20-21-16-19(27)10-11-22(21)28-23(20)24(31)17-6-8-18(9-7-17)25(32)30(4)15-14-29(2)3/h6-11,16,24,28H,5,12-15H2,1-4H3. The zero-order valence-corrected chi connectivity index (χ0v) is 21.7. The second-order valence-electron chi connectivity index (χ2n) is 8.90. The molecule has 0 saturated heterocycles. The van der Waals surface area contributed by atoms with Crippen LogP contribution in [-0.4, -0.2) is 79.1 Å². The number of nitrogens with one attached hydrogen (secondary N) is 1. The van der Waals surface area contributed by atoms with Gasteiger partial charge >= 0.3 is 6.09 Å². The van der Waals surface area contributed by atoms with Gasteiger partial charge in [-0.05, 0) is 68.9 Å². The lowest BCUT2D eigenvalue weighted by molar-refractivity contribution is 0.0785. The van der Waals surface area contributed by atoms with Crippen molar-refractivity contribution in [2.45, 2.75) is 19.4 Å². The van der Waals surface area contributed by atoms with E-state index in [1.807, 2.05) is 58.4 Å². The van der Waals surface area contributed by atoms with Crippen molar-refractivity contribution in [1.29, 1.82) is 0 Å². The summed E-state index contributed by atoms with van der Waals surface area (Å²) in [5.74, 6) is -0.0181. The van der Waals surface area contributed by atoms with Gasteiger partial charge in [0.2, 0.25) is 0 Å². The lowest BCUT2D eigenvalue weighted by Gasteiger charge is -2.35. The fraction of sp³-hybridized carbons (Fsp3) is 0.385. The number of nitrogens with zero attached hydrogens (tertiary/aromatic N) is 3. The van der Waals surface area contributed by atoms with Crippen molar-refractivity contribution in [3.8, 4) is 0 Å². The van der Waals surface area contributed by atoms with Gasteiger partial charge < -0.3 is 19.5 Å². The van der Waals surface area contributed by atoms with E-state index in [1.54, 1.807) is 9.80 Å². The number of aromatic nitrogens is 1. The second kappa shape index (κ2) is 10.2. The van der Waals surface area contributed by atoms with Crippen molar-refractivity contribution in [2.75, 3.05) is 47.4 Å². The molecule has 1 aliphatic heterocycles. The van der Waals surface area contributed by atoms with E-state index >= 15 is 0 Å². The molecule has 0 spiro atoms. The van der Waals surface area contributed by atoms with Crippen molar-refractivity contribution < 1.29 is 14.3 Å². The molecule has 0 fully saturated rings. The van der Waals surface area contributed by atoms with Crippen LogP contribution in [0.25, 0.3) is 10.9 Å². The van der Waals surface area contributed by atoms with Gasteiger partial charge in [-0.25, -0.2) is 4.79 Å². The molecule has 180 valence electrons. The number of amides is 2. The third kappa shape index (κ3) is 4.83. The first-order valence-electron chi connectivity index (χ1n) is 11.5. The van der Waals surface area contributed by atoms with Crippen LogP contribution in [0.15, 0.2) is 46.9 Å². The highest BCUT2D eigenvalue weighted by Crippen LogP contribution is 2.39. The molecular weight excluding hydrogens is 496 g/mol. The maximum atomic E-state index is 12.9. The Bertz CT molecular complexity index is 1190. The molecule has 8 heteroatoms. The van der Waals surface area contributed by atoms with Crippen LogP contribution in [0.4, 0.5) is 4.79 Å². The van der Waals surface area contributed by atoms with Gasteiger partial charge in [0.25, 0.3) is 5.91 Å². The first-order chi connectivity index (χ1) is 16.3. The van der Waals surface area contributed by atoms with Crippen LogP contribution >= 0.6 is 15.9 Å². The maximum absolute atomic E-state index is 12.9. The Balaban J connectivity index is 1.69. The average molecular weight is 527 g/mol. The van der Waals surface area contributed by atoms with Gasteiger partial charge in [-0.1, -0.05) is 28.1 Å². The molecule has 2 aromatic carbocycles. The predicted molar refractivity (Wildman–Crippen MR) is 137 cm³/mol. The van der Waals surface area contributed by atoms with Gasteiger partial charge in [0.05, 0.1) is 6.61 Å². The smallest absolute Gasteiger partial charge is 0.410 e. The van der Waals surface area contributed by atoms with Crippen molar-refractivity contribution in [3.05, 3.63) is 69.3 Å². The van der Waals surface area contributed by atoms with Crippen LogP contribution in [0.3, 0.4) is 0 Å². The highest BCUT2D eigenvalue weighted by molar-refractivity contribution is 9.10. The molecule has 1 N–H and O–H groups in total. The number of H-pyrrole nitrogens is 1. The van der Waals surface area contributed by atoms with E-state index in [-0.39, 0.29) is 18.0 Å². The Kier molecular flexibility index (Phi) is 7.28. The average Bonchev–Trinajstić information content (AvgIpc) is 3.19. The molecule has 1 atom stereocenters. The molecule has 0 aliphatic carbocycles. The number of aromatic amines is 1. The number of rotatable bonds is 6. The monoisotopic (exact) mass is 526 g/mol. The molecule has 34 heavy (non-hydrogen) atoms. The molecule has 2 amide bonds. The molecule has 0 bridgehead atoms. The number of hydrogen-bond donors (Lipinski definition) is 1. The Morgan fingerprint density at radius 1 is 1.12 bits per heavy atom. The van der Waals surface area contributed by atoms with Crippen LogP contribution in [0.5, 0.6) is 0 Å². The Morgan fingerprint density at radius 2 is 1.85 bits per heavy atom. The van der Waals surface area contributed by atoms with Gasteiger partial charge in [0, 0.05) is 53.3 Å². The first kappa shape index (κ1) is 24.3. The van der Waals surface area contributed by atoms with Crippen LogP contribution in [0, 0.1) is 0 Å². The van der Waals surface area contributed by atoms with Gasteiger partial charge in [-0.15, -0.1) is 0 Å². The fourth-order valence-electron chi connectivity index (χ4n) is 4.49. The zero-order valence-electron chi connectivity index (χ0n) is 20.1. The van der Waals surface area contributed by atoms with Crippen LogP contribution in [0.1, 0.15) is 40.1 Å². The summed E-state index contributed by atoms with van der Waals surface area (Å²) in [4.78, 5) is 34.8. The number of hydrogen-bond acceptors (Lipinski definition) is 4. The lowest BCUT2D eigenvalue weighted by atomic mass is 9.92. The number of carbonyl (C=O) groups excluding carboxylic acids is 2. The summed E-state index contributed by atoms with van der Waals surface area (Å²) in [6.45, 7) is 4.15. The Labute approximate surface area is 208 Å². The number of halogens is 1. The molecule has 0 radical (unpaired) electrons. The topological polar surface area (TPSA) is 68.9 Å². The number of benzene rings is 2. The molecule has 1 unspecified atom stereocenters. The van der Waals surface area contributed by atoms with Crippen molar-refractivity contribution >= 4 is 38.8 Å². The van der Waals surface area contributed by atoms with Gasteiger partial charge in [-0.2, -0.15) is 0 Å². The molecule has 1 aliphatic rings. The number of fused-ring (bicyclic) bond motifs is 3. The number of ether oxygens (including phenoxy) is 1. The number of carbonyl (C=O) groups is 2. The molecule has 7 nitrogen and oxygen atoms in total. The van der Waals surface area contributed by atoms with Crippen LogP contribution < -0.4 is 0 Å². The van der Waals surface area contributed by atoms with Crippen LogP contribution in [0.2, 0.25) is 0 Å². The highest BCUT2D eigenvalue weighted by Gasteiger charge is 2.35. The van der Waals surface area contributed by atoms with Gasteiger partial charge in [0.1, 0.15) is 6.04 Å². The molecule has 1 aromatic heterocycles. The molecule has 0 saturated carbocycles. The summed E-state index contributed by atoms with van der Waals surface area (Å²) in [7, 11) is 5.80. The third-order valence-corrected chi connectivity index (χ3v) is 6.79. The zero-order chi connectivity index (χ0) is 24.4. The van der Waals surface area contributed by atoms with E-state index in [4.69, 9.17) is 4.74 Å². The van der Waals surface area contributed by atoms with E-state index in [9.17, 15) is 9.59 Å². The van der Waals surface area contributed by atoms with Crippen molar-refractivity contribution in [3.63, 3.8) is 0 Å². The first-order valence-corrected chi connectivity index (χ1v) is 12.3. The Hall–Kier alpha value is -2.84. The minimum atomic E-state index is -0.332. The van der Waals surface area contributed by atoms with E-state index in [2.05, 4.69) is 37.9 Å². The van der Waals surface area contributed by atoms with E-state index in [0.29, 0.717) is 25.3 Å². The molecule has 3 aromatic rings. The summed E-state index contributed by atoms with van der Waals surface area (Å²) in [5, 5.41) is 1.16. The minimum absolute atomic E-state index is 0.0181. The maximum Gasteiger partial charge on any atom is 0.410 e. The lowest BCUT2D eigenvalue weighted by Crippen LogP contribution is -2.41. The van der Waals surface area contributed by atoms with E-state index in [0.717, 1.165) is 39.6 Å². The predicted octanol–water partition coefficient (Wildman–Crippen LogP) is 4.67. The van der Waals surface area contributed by atoms with Crippen LogP contribution in [-0.2, 0) is 11.2 Å². The summed E-state index contributed by atoms with van der Waals surface area (Å²) < 4.78 is 6.40. The molecule has 2 heterocycles. The quantitative estimate of drug-likeness (QED) is 0.506. The fourth-order valence-corrected chi connectivity index (χ4v) is 4.85. The largest absolute Gasteiger partial charge is 0.450 e. The SMILES string of the molecule is CCOC(=O)N1CCc2c([nH]c3ccc(Br)cc23)C1c1ccc(C(=O)N(C)CCN(C)C)cc1. The molecular formula is C26H31BrN4O3. The number of likely N-dealkylation sites (N-methyl/N-ethyl adjacent to an activating group) is 2. The summed E-state index contributed by atoms with van der Waals surface area (Å²) >= 11 is 3.58. The highest BCUT2D eigenvalue weighted by atomic mass is 79.9. The molecule has 4 rings (SSSR count). The normalized spacial score (nSPS) is 15.5. The minimum Gasteiger partial charge on any atom is -0.450 e. The van der Waals surface area contributed by atoms with Crippen molar-refractivity contribution in [1.82, 2.24) is 19.7 Å². The van der Waals surface area contributed by atoms with Gasteiger partial charge in [-0.3, -0.25) is 9.69 Å². The van der Waals surface area contributed by atoms with E-state index < -0.39 is 0 Å². The van der Waals surface area contributed by atoms with Gasteiger partial charge in [0.15, 0.2) is 0 Å². The summed E-state index contributed by atoms with van der Waals surface area (Å²) in [6, 6.07) is 13.4. The third-order valence-electron chi connectivity index (χ3n) is 6.29.